The maximum absolute atomic E-state index is 12.1. The Hall–Kier alpha value is -2.01. The van der Waals surface area contributed by atoms with E-state index in [1.807, 2.05) is 19.1 Å². The van der Waals surface area contributed by atoms with Gasteiger partial charge in [0.25, 0.3) is 0 Å². The number of carbonyl (C=O) groups is 1. The van der Waals surface area contributed by atoms with Crippen LogP contribution in [0.5, 0.6) is 11.5 Å². The van der Waals surface area contributed by atoms with E-state index in [-0.39, 0.29) is 18.6 Å². The van der Waals surface area contributed by atoms with E-state index in [1.54, 1.807) is 0 Å². The van der Waals surface area contributed by atoms with Crippen molar-refractivity contribution in [2.45, 2.75) is 19.3 Å². The summed E-state index contributed by atoms with van der Waals surface area (Å²) < 4.78 is 11.9. The molecule has 2 aliphatic heterocycles. The molecule has 22 heavy (non-hydrogen) atoms. The Labute approximate surface area is 136 Å². The van der Waals surface area contributed by atoms with Gasteiger partial charge in [-0.3, -0.25) is 4.79 Å². The molecular formula is C17H14BrNO3. The summed E-state index contributed by atoms with van der Waals surface area (Å²) in [7, 11) is 0. The normalized spacial score (nSPS) is 18.8. The second-order valence-electron chi connectivity index (χ2n) is 5.61. The summed E-state index contributed by atoms with van der Waals surface area (Å²) in [5, 5.41) is 2.93. The number of amides is 1. The molecule has 2 aliphatic rings. The number of fused-ring (bicyclic) bond motifs is 2. The molecule has 0 spiro atoms. The van der Waals surface area contributed by atoms with E-state index in [9.17, 15) is 4.79 Å². The molecule has 0 saturated heterocycles. The van der Waals surface area contributed by atoms with Crippen molar-refractivity contribution in [1.29, 1.82) is 0 Å². The summed E-state index contributed by atoms with van der Waals surface area (Å²) in [5.41, 5.74) is 4.17. The van der Waals surface area contributed by atoms with E-state index in [0.29, 0.717) is 12.2 Å². The van der Waals surface area contributed by atoms with Gasteiger partial charge in [0.05, 0.1) is 0 Å². The van der Waals surface area contributed by atoms with Crippen LogP contribution >= 0.6 is 15.9 Å². The predicted octanol–water partition coefficient (Wildman–Crippen LogP) is 3.96. The molecule has 1 amide bonds. The molecule has 0 bridgehead atoms. The zero-order valence-corrected chi connectivity index (χ0v) is 13.6. The number of hydrogen-bond acceptors (Lipinski definition) is 3. The minimum absolute atomic E-state index is 0.0214. The standard InChI is InChI=1S/C17H14BrNO3/c1-9-2-3-10(4-13(9)18)11-6-17(20)19-14-7-16-15(5-12(11)14)21-8-22-16/h2-5,7,11H,6,8H2,1H3,(H,19,20)/t11-/m1/s1. The molecule has 0 unspecified atom stereocenters. The summed E-state index contributed by atoms with van der Waals surface area (Å²) in [6, 6.07) is 10.1. The van der Waals surface area contributed by atoms with Crippen molar-refractivity contribution in [2.24, 2.45) is 0 Å². The van der Waals surface area contributed by atoms with Crippen LogP contribution in [0.25, 0.3) is 0 Å². The number of carbonyl (C=O) groups excluding carboxylic acids is 1. The first-order valence-electron chi connectivity index (χ1n) is 7.11. The number of anilines is 1. The van der Waals surface area contributed by atoms with Crippen LogP contribution < -0.4 is 14.8 Å². The summed E-state index contributed by atoms with van der Waals surface area (Å²) in [4.78, 5) is 12.1. The van der Waals surface area contributed by atoms with Crippen LogP contribution in [-0.2, 0) is 4.79 Å². The largest absolute Gasteiger partial charge is 0.454 e. The molecule has 0 aromatic heterocycles. The Kier molecular flexibility index (Phi) is 3.11. The topological polar surface area (TPSA) is 47.6 Å². The SMILES string of the molecule is Cc1ccc([C@H]2CC(=O)Nc3cc4c(cc32)OCO4)cc1Br. The fourth-order valence-corrected chi connectivity index (χ4v) is 3.37. The molecule has 0 radical (unpaired) electrons. The van der Waals surface area contributed by atoms with Gasteiger partial charge in [0.15, 0.2) is 11.5 Å². The van der Waals surface area contributed by atoms with Crippen LogP contribution in [0, 0.1) is 6.92 Å². The van der Waals surface area contributed by atoms with Crippen LogP contribution in [0.2, 0.25) is 0 Å². The average molecular weight is 360 g/mol. The van der Waals surface area contributed by atoms with Gasteiger partial charge >= 0.3 is 0 Å². The highest BCUT2D eigenvalue weighted by Crippen LogP contribution is 2.45. The Bertz CT molecular complexity index is 788. The van der Waals surface area contributed by atoms with Gasteiger partial charge in [-0.15, -0.1) is 0 Å². The summed E-state index contributed by atoms with van der Waals surface area (Å²) in [6.07, 6.45) is 0.433. The highest BCUT2D eigenvalue weighted by Gasteiger charge is 2.29. The van der Waals surface area contributed by atoms with Crippen molar-refractivity contribution in [3.8, 4) is 11.5 Å². The zero-order valence-electron chi connectivity index (χ0n) is 12.0. The highest BCUT2D eigenvalue weighted by atomic mass is 79.9. The van der Waals surface area contributed by atoms with Crippen molar-refractivity contribution in [1.82, 2.24) is 0 Å². The third-order valence-corrected chi connectivity index (χ3v) is 5.04. The second kappa shape index (κ2) is 5.02. The fourth-order valence-electron chi connectivity index (χ4n) is 2.97. The van der Waals surface area contributed by atoms with E-state index in [1.165, 1.54) is 5.56 Å². The lowest BCUT2D eigenvalue weighted by atomic mass is 9.84. The van der Waals surface area contributed by atoms with Crippen molar-refractivity contribution in [3.63, 3.8) is 0 Å². The van der Waals surface area contributed by atoms with E-state index >= 15 is 0 Å². The number of aryl methyl sites for hydroxylation is 1. The molecule has 2 heterocycles. The van der Waals surface area contributed by atoms with Crippen LogP contribution in [-0.4, -0.2) is 12.7 Å². The van der Waals surface area contributed by atoms with E-state index in [4.69, 9.17) is 9.47 Å². The molecule has 1 N–H and O–H groups in total. The maximum atomic E-state index is 12.1. The number of benzene rings is 2. The van der Waals surface area contributed by atoms with E-state index in [0.717, 1.165) is 27.0 Å². The zero-order chi connectivity index (χ0) is 15.3. The molecule has 5 heteroatoms. The second-order valence-corrected chi connectivity index (χ2v) is 6.46. The highest BCUT2D eigenvalue weighted by molar-refractivity contribution is 9.10. The van der Waals surface area contributed by atoms with Crippen LogP contribution in [0.1, 0.15) is 29.0 Å². The van der Waals surface area contributed by atoms with Crippen LogP contribution in [0.4, 0.5) is 5.69 Å². The van der Waals surface area contributed by atoms with Gasteiger partial charge in [-0.1, -0.05) is 28.1 Å². The molecular weight excluding hydrogens is 346 g/mol. The van der Waals surface area contributed by atoms with Crippen LogP contribution in [0.3, 0.4) is 0 Å². The summed E-state index contributed by atoms with van der Waals surface area (Å²) in [5.74, 6) is 1.47. The molecule has 4 rings (SSSR count). The number of hydrogen-bond donors (Lipinski definition) is 1. The Balaban J connectivity index is 1.84. The quantitative estimate of drug-likeness (QED) is 0.838. The third kappa shape index (κ3) is 2.16. The lowest BCUT2D eigenvalue weighted by molar-refractivity contribution is -0.116. The van der Waals surface area contributed by atoms with Gasteiger partial charge in [0, 0.05) is 28.6 Å². The number of halogens is 1. The van der Waals surface area contributed by atoms with Gasteiger partial charge in [-0.25, -0.2) is 0 Å². The maximum Gasteiger partial charge on any atom is 0.231 e. The van der Waals surface area contributed by atoms with Gasteiger partial charge in [-0.05, 0) is 35.7 Å². The first-order valence-corrected chi connectivity index (χ1v) is 7.90. The smallest absolute Gasteiger partial charge is 0.231 e. The summed E-state index contributed by atoms with van der Waals surface area (Å²) >= 11 is 3.57. The molecule has 4 nitrogen and oxygen atoms in total. The van der Waals surface area contributed by atoms with Gasteiger partial charge < -0.3 is 14.8 Å². The predicted molar refractivity (Wildman–Crippen MR) is 86.5 cm³/mol. The van der Waals surface area contributed by atoms with Gasteiger partial charge in [0.2, 0.25) is 12.7 Å². The van der Waals surface area contributed by atoms with Crippen LogP contribution in [0.15, 0.2) is 34.8 Å². The molecule has 0 aliphatic carbocycles. The third-order valence-electron chi connectivity index (χ3n) is 4.18. The molecule has 2 aromatic rings. The molecule has 2 aromatic carbocycles. The molecule has 1 atom stereocenters. The number of rotatable bonds is 1. The van der Waals surface area contributed by atoms with Crippen molar-refractivity contribution < 1.29 is 14.3 Å². The molecule has 0 saturated carbocycles. The Morgan fingerprint density at radius 1 is 1.18 bits per heavy atom. The van der Waals surface area contributed by atoms with Crippen molar-refractivity contribution in [3.05, 3.63) is 51.5 Å². The van der Waals surface area contributed by atoms with Crippen molar-refractivity contribution >= 4 is 27.5 Å². The first kappa shape index (κ1) is 13.6. The van der Waals surface area contributed by atoms with E-state index < -0.39 is 0 Å². The van der Waals surface area contributed by atoms with Crippen molar-refractivity contribution in [2.75, 3.05) is 12.1 Å². The Morgan fingerprint density at radius 3 is 2.73 bits per heavy atom. The lowest BCUT2D eigenvalue weighted by Gasteiger charge is -2.26. The molecule has 0 fully saturated rings. The Morgan fingerprint density at radius 2 is 1.95 bits per heavy atom. The minimum Gasteiger partial charge on any atom is -0.454 e. The number of nitrogens with one attached hydrogen (secondary N) is 1. The fraction of sp³-hybridized carbons (Fsp3) is 0.235. The summed E-state index contributed by atoms with van der Waals surface area (Å²) in [6.45, 7) is 2.28. The minimum atomic E-state index is 0.0214. The number of ether oxygens (including phenoxy) is 2. The monoisotopic (exact) mass is 359 g/mol. The van der Waals surface area contributed by atoms with Gasteiger partial charge in [-0.2, -0.15) is 0 Å². The van der Waals surface area contributed by atoms with Gasteiger partial charge in [0.1, 0.15) is 0 Å². The molecule has 112 valence electrons. The average Bonchev–Trinajstić information content (AvgIpc) is 2.94. The lowest BCUT2D eigenvalue weighted by Crippen LogP contribution is -2.23. The van der Waals surface area contributed by atoms with E-state index in [2.05, 4.69) is 39.4 Å². The first-order chi connectivity index (χ1) is 10.6.